The van der Waals surface area contributed by atoms with Crippen LogP contribution in [0.15, 0.2) is 18.2 Å². The molecule has 0 aliphatic carbocycles. The molecule has 0 aromatic heterocycles. The molecule has 0 bridgehead atoms. The Kier molecular flexibility index (Phi) is 5.34. The molecule has 1 heterocycles. The van der Waals surface area contributed by atoms with E-state index in [1.165, 1.54) is 0 Å². The SMILES string of the molecule is Cc1cccc(N2CCCCC2)c1C(=O)Nc1c(F)c(F)c(F)c(F)c1F. The lowest BCUT2D eigenvalue weighted by Gasteiger charge is -2.31. The standard InChI is InChI=1S/C19H17F5N2O/c1-10-6-5-7-11(26-8-3-2-4-9-26)12(10)19(27)25-18-16(23)14(21)13(20)15(22)17(18)24/h5-7H,2-4,8-9H2,1H3,(H,25,27). The summed E-state index contributed by atoms with van der Waals surface area (Å²) in [5, 5.41) is 1.86. The molecule has 2 aromatic rings. The molecule has 3 nitrogen and oxygen atoms in total. The molecule has 1 amide bonds. The lowest BCUT2D eigenvalue weighted by Crippen LogP contribution is -2.32. The first-order valence-corrected chi connectivity index (χ1v) is 8.50. The number of nitrogens with one attached hydrogen (secondary N) is 1. The number of aryl methyl sites for hydroxylation is 1. The first-order chi connectivity index (χ1) is 12.8. The minimum absolute atomic E-state index is 0.142. The number of halogens is 5. The fraction of sp³-hybridized carbons (Fsp3) is 0.316. The maximum atomic E-state index is 13.9. The van der Waals surface area contributed by atoms with Crippen LogP contribution >= 0.6 is 0 Å². The van der Waals surface area contributed by atoms with Crippen molar-refractivity contribution in [3.05, 3.63) is 58.4 Å². The number of anilines is 2. The van der Waals surface area contributed by atoms with Crippen LogP contribution in [0.5, 0.6) is 0 Å². The van der Waals surface area contributed by atoms with Crippen LogP contribution < -0.4 is 10.2 Å². The van der Waals surface area contributed by atoms with Gasteiger partial charge in [0.25, 0.3) is 5.91 Å². The van der Waals surface area contributed by atoms with Crippen LogP contribution in [0, 0.1) is 36.0 Å². The normalized spacial score (nSPS) is 14.4. The second kappa shape index (κ2) is 7.54. The van der Waals surface area contributed by atoms with Crippen LogP contribution in [-0.4, -0.2) is 19.0 Å². The quantitative estimate of drug-likeness (QED) is 0.462. The molecule has 0 atom stereocenters. The minimum Gasteiger partial charge on any atom is -0.371 e. The molecular formula is C19H17F5N2O. The largest absolute Gasteiger partial charge is 0.371 e. The van der Waals surface area contributed by atoms with Gasteiger partial charge in [0, 0.05) is 18.8 Å². The van der Waals surface area contributed by atoms with Crippen LogP contribution in [0.25, 0.3) is 0 Å². The summed E-state index contributed by atoms with van der Waals surface area (Å²) in [6.07, 6.45) is 2.94. The molecule has 0 spiro atoms. The van der Waals surface area contributed by atoms with E-state index in [-0.39, 0.29) is 5.56 Å². The van der Waals surface area contributed by atoms with E-state index in [0.717, 1.165) is 19.3 Å². The van der Waals surface area contributed by atoms with Crippen molar-refractivity contribution in [2.45, 2.75) is 26.2 Å². The van der Waals surface area contributed by atoms with E-state index in [2.05, 4.69) is 0 Å². The highest BCUT2D eigenvalue weighted by atomic mass is 19.2. The summed E-state index contributed by atoms with van der Waals surface area (Å²) in [7, 11) is 0. The van der Waals surface area contributed by atoms with E-state index in [1.807, 2.05) is 10.2 Å². The Labute approximate surface area is 152 Å². The first kappa shape index (κ1) is 19.1. The molecule has 0 saturated carbocycles. The van der Waals surface area contributed by atoms with E-state index in [1.54, 1.807) is 25.1 Å². The number of nitrogens with zero attached hydrogens (tertiary/aromatic N) is 1. The second-order valence-electron chi connectivity index (χ2n) is 6.42. The van der Waals surface area contributed by atoms with E-state index in [0.29, 0.717) is 24.3 Å². The maximum absolute atomic E-state index is 13.9. The first-order valence-electron chi connectivity index (χ1n) is 8.50. The monoisotopic (exact) mass is 384 g/mol. The van der Waals surface area contributed by atoms with Crippen molar-refractivity contribution in [2.75, 3.05) is 23.3 Å². The van der Waals surface area contributed by atoms with Crippen molar-refractivity contribution in [2.24, 2.45) is 0 Å². The molecule has 1 N–H and O–H groups in total. The van der Waals surface area contributed by atoms with Gasteiger partial charge < -0.3 is 10.2 Å². The summed E-state index contributed by atoms with van der Waals surface area (Å²) in [5.41, 5.74) is -0.122. The maximum Gasteiger partial charge on any atom is 0.258 e. The Balaban J connectivity index is 2.01. The topological polar surface area (TPSA) is 32.3 Å². The number of hydrogen-bond donors (Lipinski definition) is 1. The van der Waals surface area contributed by atoms with Gasteiger partial charge in [-0.2, -0.15) is 0 Å². The predicted octanol–water partition coefficient (Wildman–Crippen LogP) is 4.93. The summed E-state index contributed by atoms with van der Waals surface area (Å²) in [6, 6.07) is 5.08. The number of hydrogen-bond acceptors (Lipinski definition) is 2. The van der Waals surface area contributed by atoms with Crippen molar-refractivity contribution in [1.82, 2.24) is 0 Å². The molecule has 1 aliphatic rings. The zero-order valence-electron chi connectivity index (χ0n) is 14.5. The average Bonchev–Trinajstić information content (AvgIpc) is 2.68. The molecule has 1 fully saturated rings. The van der Waals surface area contributed by atoms with E-state index < -0.39 is 40.7 Å². The Morgan fingerprint density at radius 3 is 2.04 bits per heavy atom. The van der Waals surface area contributed by atoms with Crippen LogP contribution in [0.3, 0.4) is 0 Å². The summed E-state index contributed by atoms with van der Waals surface area (Å²) in [6.45, 7) is 3.07. The van der Waals surface area contributed by atoms with Gasteiger partial charge in [-0.25, -0.2) is 22.0 Å². The van der Waals surface area contributed by atoms with Gasteiger partial charge in [-0.05, 0) is 37.8 Å². The number of piperidine rings is 1. The van der Waals surface area contributed by atoms with Crippen LogP contribution in [0.1, 0.15) is 35.2 Å². The van der Waals surface area contributed by atoms with Crippen molar-refractivity contribution in [3.8, 4) is 0 Å². The van der Waals surface area contributed by atoms with Gasteiger partial charge in [-0.15, -0.1) is 0 Å². The van der Waals surface area contributed by atoms with Crippen molar-refractivity contribution in [3.63, 3.8) is 0 Å². The highest BCUT2D eigenvalue weighted by Gasteiger charge is 2.28. The highest BCUT2D eigenvalue weighted by Crippen LogP contribution is 2.30. The zero-order chi connectivity index (χ0) is 19.7. The molecule has 2 aromatic carbocycles. The zero-order valence-corrected chi connectivity index (χ0v) is 14.5. The van der Waals surface area contributed by atoms with Crippen molar-refractivity contribution < 1.29 is 26.7 Å². The van der Waals surface area contributed by atoms with Crippen molar-refractivity contribution in [1.29, 1.82) is 0 Å². The molecule has 27 heavy (non-hydrogen) atoms. The van der Waals surface area contributed by atoms with Crippen LogP contribution in [0.2, 0.25) is 0 Å². The Morgan fingerprint density at radius 1 is 0.889 bits per heavy atom. The third-order valence-electron chi connectivity index (χ3n) is 4.62. The molecule has 8 heteroatoms. The summed E-state index contributed by atoms with van der Waals surface area (Å²) < 4.78 is 67.7. The number of carbonyl (C=O) groups excluding carboxylic acids is 1. The number of benzene rings is 2. The number of amides is 1. The second-order valence-corrected chi connectivity index (χ2v) is 6.42. The van der Waals surface area contributed by atoms with E-state index >= 15 is 0 Å². The fourth-order valence-electron chi connectivity index (χ4n) is 3.24. The summed E-state index contributed by atoms with van der Waals surface area (Å²) in [4.78, 5) is 14.7. The van der Waals surface area contributed by atoms with E-state index in [9.17, 15) is 26.7 Å². The Hall–Kier alpha value is -2.64. The van der Waals surface area contributed by atoms with Gasteiger partial charge in [-0.1, -0.05) is 12.1 Å². The molecule has 1 saturated heterocycles. The molecule has 0 unspecified atom stereocenters. The summed E-state index contributed by atoms with van der Waals surface area (Å²) in [5.74, 6) is -11.6. The molecule has 3 rings (SSSR count). The van der Waals surface area contributed by atoms with Gasteiger partial charge in [0.15, 0.2) is 23.3 Å². The van der Waals surface area contributed by atoms with Crippen molar-refractivity contribution >= 4 is 17.3 Å². The van der Waals surface area contributed by atoms with Gasteiger partial charge in [-0.3, -0.25) is 4.79 Å². The average molecular weight is 384 g/mol. The smallest absolute Gasteiger partial charge is 0.258 e. The van der Waals surface area contributed by atoms with Gasteiger partial charge in [0.1, 0.15) is 5.69 Å². The number of carbonyl (C=O) groups is 1. The van der Waals surface area contributed by atoms with Crippen LogP contribution in [-0.2, 0) is 0 Å². The predicted molar refractivity (Wildman–Crippen MR) is 91.4 cm³/mol. The number of rotatable bonds is 3. The van der Waals surface area contributed by atoms with Crippen LogP contribution in [0.4, 0.5) is 33.3 Å². The summed E-state index contributed by atoms with van der Waals surface area (Å²) >= 11 is 0. The highest BCUT2D eigenvalue weighted by molar-refractivity contribution is 6.09. The molecule has 1 aliphatic heterocycles. The molecular weight excluding hydrogens is 367 g/mol. The van der Waals surface area contributed by atoms with E-state index in [4.69, 9.17) is 0 Å². The van der Waals surface area contributed by atoms with Gasteiger partial charge in [0.05, 0.1) is 5.56 Å². The van der Waals surface area contributed by atoms with Gasteiger partial charge in [0.2, 0.25) is 5.82 Å². The molecule has 144 valence electrons. The fourth-order valence-corrected chi connectivity index (χ4v) is 3.24. The van der Waals surface area contributed by atoms with Gasteiger partial charge >= 0.3 is 0 Å². The lowest BCUT2D eigenvalue weighted by atomic mass is 10.0. The third kappa shape index (κ3) is 3.48. The molecule has 0 radical (unpaired) electrons. The Bertz CT molecular complexity index is 865. The Morgan fingerprint density at radius 2 is 1.44 bits per heavy atom. The minimum atomic E-state index is -2.27. The third-order valence-corrected chi connectivity index (χ3v) is 4.62. The lowest BCUT2D eigenvalue weighted by molar-refractivity contribution is 0.102.